The molecule has 1 aromatic rings. The van der Waals surface area contributed by atoms with E-state index < -0.39 is 5.60 Å². The molecule has 0 aliphatic heterocycles. The second-order valence-corrected chi connectivity index (χ2v) is 6.87. The van der Waals surface area contributed by atoms with Crippen LogP contribution < -0.4 is 5.32 Å². The van der Waals surface area contributed by atoms with Gasteiger partial charge in [-0.15, -0.1) is 0 Å². The zero-order chi connectivity index (χ0) is 17.5. The lowest BCUT2D eigenvalue weighted by Gasteiger charge is -2.26. The summed E-state index contributed by atoms with van der Waals surface area (Å²) in [6, 6.07) is 9.75. The monoisotopic (exact) mass is 317 g/mol. The maximum absolute atomic E-state index is 11.9. The number of amides is 1. The lowest BCUT2D eigenvalue weighted by Crippen LogP contribution is -2.38. The Morgan fingerprint density at radius 3 is 2.65 bits per heavy atom. The van der Waals surface area contributed by atoms with E-state index in [1.807, 2.05) is 45.0 Å². The first kappa shape index (κ1) is 19.0. The smallest absolute Gasteiger partial charge is 0.410 e. The number of carbonyl (C=O) groups is 1. The molecule has 1 aromatic carbocycles. The van der Waals surface area contributed by atoms with Gasteiger partial charge in [0.15, 0.2) is 0 Å². The summed E-state index contributed by atoms with van der Waals surface area (Å²) in [5.74, 6) is 0.279. The Morgan fingerprint density at radius 1 is 1.39 bits per heavy atom. The van der Waals surface area contributed by atoms with Gasteiger partial charge in [0.25, 0.3) is 0 Å². The van der Waals surface area contributed by atoms with Crippen molar-refractivity contribution in [3.63, 3.8) is 0 Å². The standard InChI is InChI=1S/C18H27N3O2/c1-14(13-21(5)17(22)23-18(2,3)4)11-20-12-16-9-7-6-8-15(16)10-19/h6-9,14,20H,11-13H2,1-5H3. The maximum atomic E-state index is 11.9. The molecule has 0 aromatic heterocycles. The van der Waals surface area contributed by atoms with Gasteiger partial charge in [0, 0.05) is 20.1 Å². The van der Waals surface area contributed by atoms with Crippen molar-refractivity contribution in [3.05, 3.63) is 35.4 Å². The number of hydrogen-bond acceptors (Lipinski definition) is 4. The van der Waals surface area contributed by atoms with Crippen LogP contribution in [0.3, 0.4) is 0 Å². The van der Waals surface area contributed by atoms with E-state index in [0.29, 0.717) is 18.7 Å². The minimum atomic E-state index is -0.478. The first-order valence-corrected chi connectivity index (χ1v) is 7.85. The molecule has 5 nitrogen and oxygen atoms in total. The number of rotatable bonds is 6. The summed E-state index contributed by atoms with van der Waals surface area (Å²) in [4.78, 5) is 13.5. The summed E-state index contributed by atoms with van der Waals surface area (Å²) < 4.78 is 5.33. The van der Waals surface area contributed by atoms with Crippen LogP contribution in [0.5, 0.6) is 0 Å². The Balaban J connectivity index is 2.38. The first-order chi connectivity index (χ1) is 10.7. The summed E-state index contributed by atoms with van der Waals surface area (Å²) in [7, 11) is 1.75. The largest absolute Gasteiger partial charge is 0.444 e. The van der Waals surface area contributed by atoms with E-state index in [0.717, 1.165) is 12.1 Å². The molecule has 0 heterocycles. The van der Waals surface area contributed by atoms with E-state index in [1.165, 1.54) is 0 Å². The number of carbonyl (C=O) groups excluding carboxylic acids is 1. The van der Waals surface area contributed by atoms with E-state index in [4.69, 9.17) is 10.00 Å². The predicted octanol–water partition coefficient (Wildman–Crippen LogP) is 3.15. The van der Waals surface area contributed by atoms with Crippen LogP contribution in [-0.4, -0.2) is 36.7 Å². The van der Waals surface area contributed by atoms with Crippen molar-refractivity contribution in [1.82, 2.24) is 10.2 Å². The van der Waals surface area contributed by atoms with Crippen LogP contribution in [0.25, 0.3) is 0 Å². The first-order valence-electron chi connectivity index (χ1n) is 7.85. The molecule has 23 heavy (non-hydrogen) atoms. The molecule has 5 heteroatoms. The molecule has 126 valence electrons. The van der Waals surface area contributed by atoms with E-state index in [1.54, 1.807) is 11.9 Å². The van der Waals surface area contributed by atoms with E-state index >= 15 is 0 Å². The summed E-state index contributed by atoms with van der Waals surface area (Å²) in [5, 5.41) is 12.4. The zero-order valence-electron chi connectivity index (χ0n) is 14.7. The topological polar surface area (TPSA) is 65.4 Å². The van der Waals surface area contributed by atoms with Crippen molar-refractivity contribution < 1.29 is 9.53 Å². The Kier molecular flexibility index (Phi) is 7.05. The highest BCUT2D eigenvalue weighted by Crippen LogP contribution is 2.10. The van der Waals surface area contributed by atoms with E-state index in [-0.39, 0.29) is 12.0 Å². The minimum absolute atomic E-state index is 0.279. The van der Waals surface area contributed by atoms with Crippen LogP contribution in [0.1, 0.15) is 38.8 Å². The van der Waals surface area contributed by atoms with Crippen molar-refractivity contribution >= 4 is 6.09 Å². The molecule has 1 rings (SSSR count). The lowest BCUT2D eigenvalue weighted by molar-refractivity contribution is 0.0277. The van der Waals surface area contributed by atoms with Gasteiger partial charge < -0.3 is 15.0 Å². The fraction of sp³-hybridized carbons (Fsp3) is 0.556. The number of benzene rings is 1. The third kappa shape index (κ3) is 7.16. The molecule has 0 aliphatic rings. The highest BCUT2D eigenvalue weighted by atomic mass is 16.6. The van der Waals surface area contributed by atoms with Crippen molar-refractivity contribution in [1.29, 1.82) is 5.26 Å². The van der Waals surface area contributed by atoms with Gasteiger partial charge in [-0.05, 0) is 44.9 Å². The summed E-state index contributed by atoms with van der Waals surface area (Å²) >= 11 is 0. The fourth-order valence-electron chi connectivity index (χ4n) is 2.18. The van der Waals surface area contributed by atoms with Crippen molar-refractivity contribution in [2.75, 3.05) is 20.1 Å². The molecule has 1 atom stereocenters. The Bertz CT molecular complexity index is 558. The molecule has 1 amide bonds. The van der Waals surface area contributed by atoms with Crippen LogP contribution in [0, 0.1) is 17.2 Å². The third-order valence-corrected chi connectivity index (χ3v) is 3.24. The molecule has 0 radical (unpaired) electrons. The van der Waals surface area contributed by atoms with E-state index in [9.17, 15) is 4.79 Å². The van der Waals surface area contributed by atoms with Gasteiger partial charge in [-0.25, -0.2) is 4.79 Å². The van der Waals surface area contributed by atoms with Gasteiger partial charge in [-0.2, -0.15) is 5.26 Å². The molecule has 0 bridgehead atoms. The molecule has 1 N–H and O–H groups in total. The Labute approximate surface area is 139 Å². The zero-order valence-corrected chi connectivity index (χ0v) is 14.7. The van der Waals surface area contributed by atoms with Gasteiger partial charge in [0.2, 0.25) is 0 Å². The number of nitriles is 1. The molecule has 0 saturated heterocycles. The average Bonchev–Trinajstić information content (AvgIpc) is 2.45. The van der Waals surface area contributed by atoms with Gasteiger partial charge in [-0.1, -0.05) is 25.1 Å². The predicted molar refractivity (Wildman–Crippen MR) is 90.9 cm³/mol. The van der Waals surface area contributed by atoms with E-state index in [2.05, 4.69) is 18.3 Å². The number of hydrogen-bond donors (Lipinski definition) is 1. The average molecular weight is 317 g/mol. The molecule has 0 saturated carbocycles. The van der Waals surface area contributed by atoms with Crippen molar-refractivity contribution in [2.45, 2.75) is 39.8 Å². The molecular weight excluding hydrogens is 290 g/mol. The van der Waals surface area contributed by atoms with Gasteiger partial charge in [0.1, 0.15) is 5.60 Å². The van der Waals surface area contributed by atoms with Crippen LogP contribution in [0.2, 0.25) is 0 Å². The third-order valence-electron chi connectivity index (χ3n) is 3.24. The van der Waals surface area contributed by atoms with Gasteiger partial charge in [-0.3, -0.25) is 0 Å². The molecule has 0 fully saturated rings. The maximum Gasteiger partial charge on any atom is 0.410 e. The van der Waals surface area contributed by atoms with Crippen molar-refractivity contribution in [2.24, 2.45) is 5.92 Å². The second kappa shape index (κ2) is 8.54. The van der Waals surface area contributed by atoms with Crippen molar-refractivity contribution in [3.8, 4) is 6.07 Å². The molecule has 0 spiro atoms. The molecule has 0 aliphatic carbocycles. The summed E-state index contributed by atoms with van der Waals surface area (Å²) in [6.45, 7) is 9.66. The Morgan fingerprint density at radius 2 is 2.04 bits per heavy atom. The number of nitrogens with one attached hydrogen (secondary N) is 1. The van der Waals surface area contributed by atoms with Gasteiger partial charge >= 0.3 is 6.09 Å². The Hall–Kier alpha value is -2.06. The SMILES string of the molecule is CC(CNCc1ccccc1C#N)CN(C)C(=O)OC(C)(C)C. The normalized spacial score (nSPS) is 12.3. The molecular formula is C18H27N3O2. The minimum Gasteiger partial charge on any atom is -0.444 e. The fourth-order valence-corrected chi connectivity index (χ4v) is 2.18. The summed E-state index contributed by atoms with van der Waals surface area (Å²) in [6.07, 6.45) is -0.306. The second-order valence-electron chi connectivity index (χ2n) is 6.87. The molecule has 1 unspecified atom stereocenters. The lowest BCUT2D eigenvalue weighted by atomic mass is 10.1. The quantitative estimate of drug-likeness (QED) is 0.875. The van der Waals surface area contributed by atoms with Crippen LogP contribution >= 0.6 is 0 Å². The van der Waals surface area contributed by atoms with Crippen LogP contribution in [0.4, 0.5) is 4.79 Å². The highest BCUT2D eigenvalue weighted by molar-refractivity contribution is 5.67. The van der Waals surface area contributed by atoms with Gasteiger partial charge in [0.05, 0.1) is 11.6 Å². The summed E-state index contributed by atoms with van der Waals surface area (Å²) in [5.41, 5.74) is 1.20. The van der Waals surface area contributed by atoms with Crippen LogP contribution in [-0.2, 0) is 11.3 Å². The number of nitrogens with zero attached hydrogens (tertiary/aromatic N) is 2. The number of ether oxygens (including phenoxy) is 1. The highest BCUT2D eigenvalue weighted by Gasteiger charge is 2.20. The van der Waals surface area contributed by atoms with Crippen LogP contribution in [0.15, 0.2) is 24.3 Å².